The molecule has 1 aliphatic heterocycles. The van der Waals surface area contributed by atoms with Gasteiger partial charge in [0.15, 0.2) is 0 Å². The number of halogens is 1. The van der Waals surface area contributed by atoms with Crippen LogP contribution in [0.1, 0.15) is 25.8 Å². The highest BCUT2D eigenvalue weighted by atomic mass is 35.5. The summed E-state index contributed by atoms with van der Waals surface area (Å²) in [4.78, 5) is 4.90. The van der Waals surface area contributed by atoms with E-state index in [-0.39, 0.29) is 12.4 Å². The van der Waals surface area contributed by atoms with Crippen LogP contribution in [-0.4, -0.2) is 58.8 Å². The average molecular weight is 327 g/mol. The Kier molecular flexibility index (Phi) is 6.50. The average Bonchev–Trinajstić information content (AvgIpc) is 2.45. The van der Waals surface area contributed by atoms with Crippen LogP contribution in [0.15, 0.2) is 18.2 Å². The van der Waals surface area contributed by atoms with E-state index in [9.17, 15) is 10.2 Å². The summed E-state index contributed by atoms with van der Waals surface area (Å²) in [6.07, 6.45) is 0.819. The number of nitrogens with zero attached hydrogens (tertiary/aromatic N) is 2. The molecule has 1 saturated heterocycles. The summed E-state index contributed by atoms with van der Waals surface area (Å²) in [5.74, 6) is 0.772. The predicted octanol–water partition coefficient (Wildman–Crippen LogP) is 2.57. The maximum atomic E-state index is 9.50. The minimum Gasteiger partial charge on any atom is -0.506 e. The predicted molar refractivity (Wildman–Crippen MR) is 90.3 cm³/mol. The molecular weight excluding hydrogens is 300 g/mol. The first-order valence-electron chi connectivity index (χ1n) is 8.04. The van der Waals surface area contributed by atoms with Crippen LogP contribution in [0.5, 0.6) is 5.75 Å². The molecule has 0 aliphatic carbocycles. The normalized spacial score (nSPS) is 20.7. The smallest absolute Gasteiger partial charge is 0.134 e. The molecule has 0 aromatic heterocycles. The zero-order valence-corrected chi connectivity index (χ0v) is 14.3. The van der Waals surface area contributed by atoms with Gasteiger partial charge in [-0.2, -0.15) is 0 Å². The van der Waals surface area contributed by atoms with E-state index in [1.165, 1.54) is 0 Å². The highest BCUT2D eigenvalue weighted by Crippen LogP contribution is 2.25. The van der Waals surface area contributed by atoms with Gasteiger partial charge in [-0.05, 0) is 30.0 Å². The fraction of sp³-hybridized carbons (Fsp3) is 0.647. The van der Waals surface area contributed by atoms with Gasteiger partial charge in [0.1, 0.15) is 5.75 Å². The van der Waals surface area contributed by atoms with E-state index >= 15 is 0 Å². The number of phenols is 1. The van der Waals surface area contributed by atoms with E-state index in [0.29, 0.717) is 17.0 Å². The van der Waals surface area contributed by atoms with Crippen LogP contribution in [0.25, 0.3) is 0 Å². The number of hydrogen-bond donors (Lipinski definition) is 2. The van der Waals surface area contributed by atoms with Crippen molar-refractivity contribution in [1.82, 2.24) is 9.80 Å². The SMILES string of the molecule is CC(C)CN1CCN(Cc2ccc(O)c(Cl)c2)C[C@H]1CCO. The van der Waals surface area contributed by atoms with Crippen molar-refractivity contribution in [3.8, 4) is 5.75 Å². The molecule has 0 amide bonds. The highest BCUT2D eigenvalue weighted by Gasteiger charge is 2.26. The highest BCUT2D eigenvalue weighted by molar-refractivity contribution is 6.32. The first-order chi connectivity index (χ1) is 10.5. The second-order valence-corrected chi connectivity index (χ2v) is 6.98. The Bertz CT molecular complexity index is 482. The lowest BCUT2D eigenvalue weighted by Crippen LogP contribution is -2.53. The zero-order valence-electron chi connectivity index (χ0n) is 13.5. The van der Waals surface area contributed by atoms with Gasteiger partial charge in [-0.25, -0.2) is 0 Å². The largest absolute Gasteiger partial charge is 0.506 e. The Balaban J connectivity index is 1.97. The molecule has 4 nitrogen and oxygen atoms in total. The van der Waals surface area contributed by atoms with Crippen LogP contribution < -0.4 is 0 Å². The molecule has 124 valence electrons. The number of phenolic OH excluding ortho intramolecular Hbond substituents is 1. The number of aliphatic hydroxyl groups is 1. The van der Waals surface area contributed by atoms with Crippen molar-refractivity contribution < 1.29 is 10.2 Å². The zero-order chi connectivity index (χ0) is 16.1. The molecule has 0 bridgehead atoms. The third-order valence-corrected chi connectivity index (χ3v) is 4.47. The Labute approximate surface area is 138 Å². The molecule has 0 spiro atoms. The molecule has 0 radical (unpaired) electrons. The van der Waals surface area contributed by atoms with Gasteiger partial charge in [-0.3, -0.25) is 9.80 Å². The van der Waals surface area contributed by atoms with Gasteiger partial charge in [-0.15, -0.1) is 0 Å². The number of benzene rings is 1. The molecule has 1 fully saturated rings. The lowest BCUT2D eigenvalue weighted by Gasteiger charge is -2.42. The number of aliphatic hydroxyl groups excluding tert-OH is 1. The summed E-state index contributed by atoms with van der Waals surface area (Å²) >= 11 is 5.98. The van der Waals surface area contributed by atoms with Crippen molar-refractivity contribution in [2.24, 2.45) is 5.92 Å². The number of rotatable bonds is 6. The first kappa shape index (κ1) is 17.5. The van der Waals surface area contributed by atoms with Crippen molar-refractivity contribution in [2.75, 3.05) is 32.8 Å². The van der Waals surface area contributed by atoms with E-state index in [0.717, 1.165) is 44.7 Å². The topological polar surface area (TPSA) is 46.9 Å². The van der Waals surface area contributed by atoms with Crippen LogP contribution in [0.2, 0.25) is 5.02 Å². The molecule has 1 aromatic carbocycles. The molecule has 1 heterocycles. The van der Waals surface area contributed by atoms with Gasteiger partial charge in [0.2, 0.25) is 0 Å². The van der Waals surface area contributed by atoms with Crippen molar-refractivity contribution in [1.29, 1.82) is 0 Å². The maximum absolute atomic E-state index is 9.50. The van der Waals surface area contributed by atoms with Gasteiger partial charge in [0, 0.05) is 45.4 Å². The summed E-state index contributed by atoms with van der Waals surface area (Å²) in [5, 5.41) is 19.2. The van der Waals surface area contributed by atoms with Crippen molar-refractivity contribution in [3.05, 3.63) is 28.8 Å². The third kappa shape index (κ3) is 4.85. The molecule has 0 unspecified atom stereocenters. The number of hydrogen-bond acceptors (Lipinski definition) is 4. The third-order valence-electron chi connectivity index (χ3n) is 4.17. The molecule has 2 N–H and O–H groups in total. The Morgan fingerprint density at radius 1 is 1.32 bits per heavy atom. The van der Waals surface area contributed by atoms with E-state index < -0.39 is 0 Å². The lowest BCUT2D eigenvalue weighted by molar-refractivity contribution is 0.0477. The minimum absolute atomic E-state index is 0.130. The second kappa shape index (κ2) is 8.16. The van der Waals surface area contributed by atoms with Gasteiger partial charge in [-0.1, -0.05) is 31.5 Å². The summed E-state index contributed by atoms with van der Waals surface area (Å²) in [6.45, 7) is 9.65. The van der Waals surface area contributed by atoms with Crippen LogP contribution in [0.3, 0.4) is 0 Å². The first-order valence-corrected chi connectivity index (χ1v) is 8.42. The monoisotopic (exact) mass is 326 g/mol. The van der Waals surface area contributed by atoms with Gasteiger partial charge < -0.3 is 10.2 Å². The molecule has 1 aliphatic rings. The Morgan fingerprint density at radius 3 is 2.73 bits per heavy atom. The summed E-state index contributed by atoms with van der Waals surface area (Å²) in [7, 11) is 0. The number of piperazine rings is 1. The standard InChI is InChI=1S/C17H27ClN2O2/c1-13(2)10-20-7-6-19(12-15(20)5-8-21)11-14-3-4-17(22)16(18)9-14/h3-4,9,13,15,21-22H,5-8,10-12H2,1-2H3/t15-/m1/s1. The fourth-order valence-corrected chi connectivity index (χ4v) is 3.34. The summed E-state index contributed by atoms with van der Waals surface area (Å²) < 4.78 is 0. The van der Waals surface area contributed by atoms with Gasteiger partial charge >= 0.3 is 0 Å². The molecule has 1 atom stereocenters. The summed E-state index contributed by atoms with van der Waals surface area (Å²) in [5.41, 5.74) is 1.11. The fourth-order valence-electron chi connectivity index (χ4n) is 3.14. The summed E-state index contributed by atoms with van der Waals surface area (Å²) in [6, 6.07) is 5.81. The number of aromatic hydroxyl groups is 1. The second-order valence-electron chi connectivity index (χ2n) is 6.58. The van der Waals surface area contributed by atoms with Crippen LogP contribution in [0, 0.1) is 5.92 Å². The van der Waals surface area contributed by atoms with E-state index in [4.69, 9.17) is 11.6 Å². The maximum Gasteiger partial charge on any atom is 0.134 e. The molecule has 0 saturated carbocycles. The quantitative estimate of drug-likeness (QED) is 0.843. The van der Waals surface area contributed by atoms with Gasteiger partial charge in [0.25, 0.3) is 0 Å². The van der Waals surface area contributed by atoms with Crippen molar-refractivity contribution >= 4 is 11.6 Å². The van der Waals surface area contributed by atoms with Gasteiger partial charge in [0.05, 0.1) is 5.02 Å². The Morgan fingerprint density at radius 2 is 2.09 bits per heavy atom. The van der Waals surface area contributed by atoms with Crippen molar-refractivity contribution in [3.63, 3.8) is 0 Å². The van der Waals surface area contributed by atoms with E-state index in [2.05, 4.69) is 23.6 Å². The molecule has 2 rings (SSSR count). The van der Waals surface area contributed by atoms with Crippen LogP contribution in [-0.2, 0) is 6.54 Å². The van der Waals surface area contributed by atoms with Crippen LogP contribution in [0.4, 0.5) is 0 Å². The molecule has 22 heavy (non-hydrogen) atoms. The van der Waals surface area contributed by atoms with Crippen molar-refractivity contribution in [2.45, 2.75) is 32.9 Å². The molecule has 5 heteroatoms. The minimum atomic E-state index is 0.130. The Hall–Kier alpha value is -0.810. The van der Waals surface area contributed by atoms with E-state index in [1.54, 1.807) is 6.07 Å². The molecule has 1 aromatic rings. The molecular formula is C17H27ClN2O2. The van der Waals surface area contributed by atoms with E-state index in [1.807, 2.05) is 12.1 Å². The van der Waals surface area contributed by atoms with Crippen LogP contribution >= 0.6 is 11.6 Å². The lowest BCUT2D eigenvalue weighted by atomic mass is 10.1.